The van der Waals surface area contributed by atoms with E-state index in [-0.39, 0.29) is 11.5 Å². The number of rotatable bonds is 4. The van der Waals surface area contributed by atoms with E-state index in [1.165, 1.54) is 0 Å². The van der Waals surface area contributed by atoms with Gasteiger partial charge in [-0.2, -0.15) is 0 Å². The summed E-state index contributed by atoms with van der Waals surface area (Å²) in [5, 5.41) is 9.46. The fraction of sp³-hybridized carbons (Fsp3) is 0.909. The van der Waals surface area contributed by atoms with Crippen LogP contribution < -0.4 is 0 Å². The van der Waals surface area contributed by atoms with Crippen LogP contribution in [0.2, 0.25) is 0 Å². The van der Waals surface area contributed by atoms with E-state index in [9.17, 15) is 9.90 Å². The summed E-state index contributed by atoms with van der Waals surface area (Å²) in [4.78, 5) is 11.2. The van der Waals surface area contributed by atoms with E-state index in [4.69, 9.17) is 4.74 Å². The van der Waals surface area contributed by atoms with Gasteiger partial charge in [-0.05, 0) is 32.1 Å². The van der Waals surface area contributed by atoms with Crippen molar-refractivity contribution in [3.05, 3.63) is 0 Å². The van der Waals surface area contributed by atoms with Crippen LogP contribution in [-0.2, 0) is 9.53 Å². The van der Waals surface area contributed by atoms with Crippen LogP contribution in [0, 0.1) is 5.41 Å². The molecule has 0 saturated carbocycles. The van der Waals surface area contributed by atoms with Crippen molar-refractivity contribution in [1.82, 2.24) is 0 Å². The number of hydrogen-bond donors (Lipinski definition) is 1. The number of carbonyl (C=O) groups is 1. The Labute approximate surface area is 86.5 Å². The van der Waals surface area contributed by atoms with Crippen LogP contribution >= 0.6 is 0 Å². The quantitative estimate of drug-likeness (QED) is 0.710. The molecule has 84 valence electrons. The maximum Gasteiger partial charge on any atom is 0.335 e. The van der Waals surface area contributed by atoms with Gasteiger partial charge in [0.2, 0.25) is 0 Å². The van der Waals surface area contributed by atoms with Crippen LogP contribution in [0.5, 0.6) is 0 Å². The van der Waals surface area contributed by atoms with E-state index in [1.807, 2.05) is 0 Å². The van der Waals surface area contributed by atoms with Gasteiger partial charge in [0.15, 0.2) is 6.10 Å². The topological polar surface area (TPSA) is 46.5 Å². The Kier molecular flexibility index (Phi) is 5.13. The minimum atomic E-state index is -0.975. The second kappa shape index (κ2) is 5.35. The molecule has 0 bridgehead atoms. The molecule has 1 atom stereocenters. The van der Waals surface area contributed by atoms with Gasteiger partial charge in [-0.1, -0.05) is 20.8 Å². The van der Waals surface area contributed by atoms with E-state index < -0.39 is 12.1 Å². The smallest absolute Gasteiger partial charge is 0.335 e. The lowest BCUT2D eigenvalue weighted by Crippen LogP contribution is -2.27. The lowest BCUT2D eigenvalue weighted by atomic mass is 9.89. The number of esters is 1. The van der Waals surface area contributed by atoms with Crippen molar-refractivity contribution in [1.29, 1.82) is 0 Å². The first-order chi connectivity index (χ1) is 6.22. The summed E-state index contributed by atoms with van der Waals surface area (Å²) in [6, 6.07) is 0. The third-order valence-corrected chi connectivity index (χ3v) is 1.79. The van der Waals surface area contributed by atoms with Crippen molar-refractivity contribution in [2.75, 3.05) is 0 Å². The van der Waals surface area contributed by atoms with Crippen molar-refractivity contribution >= 4 is 5.97 Å². The summed E-state index contributed by atoms with van der Waals surface area (Å²) >= 11 is 0. The van der Waals surface area contributed by atoms with Gasteiger partial charge in [-0.15, -0.1) is 0 Å². The summed E-state index contributed by atoms with van der Waals surface area (Å²) in [5.41, 5.74) is 0.138. The molecular weight excluding hydrogens is 180 g/mol. The number of aliphatic hydroxyl groups excluding tert-OH is 1. The zero-order chi connectivity index (χ0) is 11.4. The van der Waals surface area contributed by atoms with Gasteiger partial charge in [0, 0.05) is 0 Å². The summed E-state index contributed by atoms with van der Waals surface area (Å²) in [7, 11) is 0. The van der Waals surface area contributed by atoms with Crippen LogP contribution in [-0.4, -0.2) is 23.3 Å². The first-order valence-corrected chi connectivity index (χ1v) is 5.11. The van der Waals surface area contributed by atoms with E-state index >= 15 is 0 Å². The summed E-state index contributed by atoms with van der Waals surface area (Å²) in [5.74, 6) is -0.510. The highest BCUT2D eigenvalue weighted by atomic mass is 16.6. The minimum Gasteiger partial charge on any atom is -0.461 e. The zero-order valence-electron chi connectivity index (χ0n) is 9.83. The molecular formula is C11H22O3. The molecule has 0 aromatic rings. The largest absolute Gasteiger partial charge is 0.461 e. The van der Waals surface area contributed by atoms with Crippen molar-refractivity contribution in [2.24, 2.45) is 5.41 Å². The van der Waals surface area contributed by atoms with Crippen molar-refractivity contribution in [3.8, 4) is 0 Å². The average Bonchev–Trinajstić information content (AvgIpc) is 1.97. The predicted molar refractivity (Wildman–Crippen MR) is 55.9 cm³/mol. The van der Waals surface area contributed by atoms with Crippen LogP contribution in [0.15, 0.2) is 0 Å². The zero-order valence-corrected chi connectivity index (χ0v) is 9.83. The van der Waals surface area contributed by atoms with Crippen molar-refractivity contribution in [2.45, 2.75) is 59.7 Å². The maximum atomic E-state index is 11.2. The van der Waals surface area contributed by atoms with Gasteiger partial charge in [-0.25, -0.2) is 4.79 Å². The van der Waals surface area contributed by atoms with Crippen LogP contribution in [0.4, 0.5) is 0 Å². The number of ether oxygens (including phenoxy) is 1. The molecule has 0 aromatic carbocycles. The highest BCUT2D eigenvalue weighted by Gasteiger charge is 2.20. The fourth-order valence-electron chi connectivity index (χ4n) is 0.998. The molecule has 0 amide bonds. The van der Waals surface area contributed by atoms with E-state index in [1.54, 1.807) is 13.8 Å². The molecule has 0 aliphatic rings. The SMILES string of the molecule is CC(C)OC(=O)C(O)CCC(C)(C)C. The Morgan fingerprint density at radius 3 is 2.21 bits per heavy atom. The Morgan fingerprint density at radius 1 is 1.36 bits per heavy atom. The fourth-order valence-corrected chi connectivity index (χ4v) is 0.998. The van der Waals surface area contributed by atoms with E-state index in [0.717, 1.165) is 6.42 Å². The molecule has 14 heavy (non-hydrogen) atoms. The molecule has 0 aromatic heterocycles. The third-order valence-electron chi connectivity index (χ3n) is 1.79. The Morgan fingerprint density at radius 2 is 1.86 bits per heavy atom. The Bertz CT molecular complexity index is 179. The molecule has 3 nitrogen and oxygen atoms in total. The summed E-state index contributed by atoms with van der Waals surface area (Å²) in [6.45, 7) is 9.78. The highest BCUT2D eigenvalue weighted by Crippen LogP contribution is 2.21. The van der Waals surface area contributed by atoms with Crippen LogP contribution in [0.25, 0.3) is 0 Å². The molecule has 0 spiro atoms. The first kappa shape index (κ1) is 13.4. The monoisotopic (exact) mass is 202 g/mol. The predicted octanol–water partition coefficient (Wildman–Crippen LogP) is 2.13. The molecule has 0 radical (unpaired) electrons. The molecule has 0 aliphatic heterocycles. The van der Waals surface area contributed by atoms with Gasteiger partial charge in [0.1, 0.15) is 0 Å². The standard InChI is InChI=1S/C11H22O3/c1-8(2)14-10(13)9(12)6-7-11(3,4)5/h8-9,12H,6-7H2,1-5H3. The summed E-state index contributed by atoms with van der Waals surface area (Å²) < 4.78 is 4.89. The van der Waals surface area contributed by atoms with Gasteiger partial charge >= 0.3 is 5.97 Å². The lowest BCUT2D eigenvalue weighted by molar-refractivity contribution is -0.158. The number of hydrogen-bond acceptors (Lipinski definition) is 3. The second-order valence-electron chi connectivity index (χ2n) is 5.10. The van der Waals surface area contributed by atoms with Gasteiger partial charge in [-0.3, -0.25) is 0 Å². The van der Waals surface area contributed by atoms with Gasteiger partial charge in [0.25, 0.3) is 0 Å². The summed E-state index contributed by atoms with van der Waals surface area (Å²) in [6.07, 6.45) is 0.138. The van der Waals surface area contributed by atoms with Crippen molar-refractivity contribution in [3.63, 3.8) is 0 Å². The van der Waals surface area contributed by atoms with Crippen LogP contribution in [0.1, 0.15) is 47.5 Å². The normalized spacial score (nSPS) is 14.2. The number of carbonyl (C=O) groups excluding carboxylic acids is 1. The van der Waals surface area contributed by atoms with Crippen LogP contribution in [0.3, 0.4) is 0 Å². The lowest BCUT2D eigenvalue weighted by Gasteiger charge is -2.20. The van der Waals surface area contributed by atoms with E-state index in [2.05, 4.69) is 20.8 Å². The molecule has 0 heterocycles. The third kappa shape index (κ3) is 6.89. The molecule has 1 unspecified atom stereocenters. The molecule has 3 heteroatoms. The van der Waals surface area contributed by atoms with E-state index in [0.29, 0.717) is 6.42 Å². The highest BCUT2D eigenvalue weighted by molar-refractivity contribution is 5.74. The van der Waals surface area contributed by atoms with Gasteiger partial charge in [0.05, 0.1) is 6.10 Å². The number of aliphatic hydroxyl groups is 1. The molecule has 0 saturated heterocycles. The molecule has 0 fully saturated rings. The average molecular weight is 202 g/mol. The molecule has 1 N–H and O–H groups in total. The van der Waals surface area contributed by atoms with Gasteiger partial charge < -0.3 is 9.84 Å². The molecule has 0 aliphatic carbocycles. The minimum absolute atomic E-state index is 0.138. The first-order valence-electron chi connectivity index (χ1n) is 5.11. The maximum absolute atomic E-state index is 11.2. The second-order valence-corrected chi connectivity index (χ2v) is 5.10. The van der Waals surface area contributed by atoms with Crippen molar-refractivity contribution < 1.29 is 14.6 Å². The Balaban J connectivity index is 3.85. The Hall–Kier alpha value is -0.570. The molecule has 0 rings (SSSR count).